The molecule has 0 N–H and O–H groups in total. The van der Waals surface area contributed by atoms with Gasteiger partial charge in [-0.05, 0) is 25.3 Å². The van der Waals surface area contributed by atoms with Crippen LogP contribution in [0.25, 0.3) is 10.2 Å². The van der Waals surface area contributed by atoms with Gasteiger partial charge >= 0.3 is 11.9 Å². The van der Waals surface area contributed by atoms with E-state index in [4.69, 9.17) is 4.74 Å². The summed E-state index contributed by atoms with van der Waals surface area (Å²) < 4.78 is 11.1. The summed E-state index contributed by atoms with van der Waals surface area (Å²) in [6, 6.07) is -0.796. The molecule has 0 aliphatic rings. The summed E-state index contributed by atoms with van der Waals surface area (Å²) in [6.07, 6.45) is 1.30. The fraction of sp³-hybridized carbons (Fsp3) is 0.500. The highest BCUT2D eigenvalue weighted by molar-refractivity contribution is 7.20. The summed E-state index contributed by atoms with van der Waals surface area (Å²) in [5.74, 6) is -0.779. The summed E-state index contributed by atoms with van der Waals surface area (Å²) in [4.78, 5) is 41.6. The molecule has 0 saturated carbocycles. The van der Waals surface area contributed by atoms with Gasteiger partial charge in [0.1, 0.15) is 15.7 Å². The molecule has 0 saturated heterocycles. The number of nitrogens with zero attached hydrogens (tertiary/aromatic N) is 2. The number of hydrogen-bond donors (Lipinski definition) is 0. The number of rotatable bonds is 5. The first-order valence-corrected chi connectivity index (χ1v) is 8.34. The van der Waals surface area contributed by atoms with Crippen molar-refractivity contribution in [3.8, 4) is 0 Å². The van der Waals surface area contributed by atoms with Crippen molar-refractivity contribution in [3.05, 3.63) is 27.1 Å². The molecule has 7 nitrogen and oxygen atoms in total. The third-order valence-corrected chi connectivity index (χ3v) is 4.75. The highest BCUT2D eigenvalue weighted by atomic mass is 32.1. The van der Waals surface area contributed by atoms with Crippen LogP contribution in [0.3, 0.4) is 0 Å². The maximum Gasteiger partial charge on any atom is 0.348 e. The lowest BCUT2D eigenvalue weighted by Crippen LogP contribution is -2.29. The molecule has 2 aromatic rings. The van der Waals surface area contributed by atoms with E-state index >= 15 is 0 Å². The number of carbonyl (C=O) groups is 2. The summed E-state index contributed by atoms with van der Waals surface area (Å²) in [5, 5.41) is 0.328. The van der Waals surface area contributed by atoms with Crippen LogP contribution in [0.2, 0.25) is 0 Å². The Labute approximate surface area is 143 Å². The minimum atomic E-state index is -0.796. The van der Waals surface area contributed by atoms with E-state index in [0.717, 1.165) is 11.3 Å². The Morgan fingerprint density at radius 3 is 2.58 bits per heavy atom. The minimum absolute atomic E-state index is 0.222. The number of ether oxygens (including phenoxy) is 2. The molecule has 0 fully saturated rings. The van der Waals surface area contributed by atoms with Crippen molar-refractivity contribution in [3.63, 3.8) is 0 Å². The van der Waals surface area contributed by atoms with Gasteiger partial charge in [-0.25, -0.2) is 14.6 Å². The van der Waals surface area contributed by atoms with E-state index in [1.54, 1.807) is 13.8 Å². The molecule has 1 atom stereocenters. The normalized spacial score (nSPS) is 12.4. The Balaban J connectivity index is 2.49. The zero-order chi connectivity index (χ0) is 18.0. The monoisotopic (exact) mass is 352 g/mol. The molecule has 0 amide bonds. The van der Waals surface area contributed by atoms with E-state index in [-0.39, 0.29) is 11.5 Å². The molecule has 8 heteroatoms. The minimum Gasteiger partial charge on any atom is -0.467 e. The van der Waals surface area contributed by atoms with Crippen LogP contribution in [0.15, 0.2) is 11.1 Å². The predicted octanol–water partition coefficient (Wildman–Crippen LogP) is 2.31. The number of hydrogen-bond acceptors (Lipinski definition) is 7. The largest absolute Gasteiger partial charge is 0.467 e. The van der Waals surface area contributed by atoms with Gasteiger partial charge in [-0.3, -0.25) is 9.36 Å². The Morgan fingerprint density at radius 1 is 1.33 bits per heavy atom. The van der Waals surface area contributed by atoms with E-state index < -0.39 is 18.0 Å². The van der Waals surface area contributed by atoms with Gasteiger partial charge in [-0.1, -0.05) is 13.8 Å². The van der Waals surface area contributed by atoms with Gasteiger partial charge in [-0.2, -0.15) is 0 Å². The number of aromatic nitrogens is 2. The Morgan fingerprint density at radius 2 is 2.00 bits per heavy atom. The van der Waals surface area contributed by atoms with Gasteiger partial charge in [0.2, 0.25) is 0 Å². The fourth-order valence-electron chi connectivity index (χ4n) is 2.20. The molecule has 0 unspecified atom stereocenters. The summed E-state index contributed by atoms with van der Waals surface area (Å²) in [5.41, 5.74) is 0.141. The summed E-state index contributed by atoms with van der Waals surface area (Å²) >= 11 is 1.12. The van der Waals surface area contributed by atoms with Crippen molar-refractivity contribution in [2.45, 2.75) is 33.7 Å². The van der Waals surface area contributed by atoms with E-state index in [1.165, 1.54) is 18.0 Å². The lowest BCUT2D eigenvalue weighted by atomic mass is 10.2. The van der Waals surface area contributed by atoms with E-state index in [1.807, 2.05) is 13.8 Å². The summed E-state index contributed by atoms with van der Waals surface area (Å²) in [6.45, 7) is 7.43. The Kier molecular flexibility index (Phi) is 5.38. The molecule has 2 rings (SSSR count). The van der Waals surface area contributed by atoms with Crippen molar-refractivity contribution in [1.82, 2.24) is 9.55 Å². The molecule has 0 bridgehead atoms. The summed E-state index contributed by atoms with van der Waals surface area (Å²) in [7, 11) is 1.26. The van der Waals surface area contributed by atoms with Crippen LogP contribution in [0.4, 0.5) is 0 Å². The molecular formula is C16H20N2O5S. The molecule has 0 aromatic carbocycles. The highest BCUT2D eigenvalue weighted by Crippen LogP contribution is 2.28. The van der Waals surface area contributed by atoms with E-state index in [2.05, 4.69) is 9.72 Å². The van der Waals surface area contributed by atoms with Crippen LogP contribution in [0.1, 0.15) is 42.0 Å². The average molecular weight is 352 g/mol. The second kappa shape index (κ2) is 7.12. The van der Waals surface area contributed by atoms with Crippen molar-refractivity contribution in [2.75, 3.05) is 13.7 Å². The number of carbonyl (C=O) groups excluding carboxylic acids is 2. The van der Waals surface area contributed by atoms with Crippen LogP contribution in [-0.2, 0) is 14.3 Å². The molecule has 130 valence electrons. The quantitative estimate of drug-likeness (QED) is 0.768. The van der Waals surface area contributed by atoms with Gasteiger partial charge in [0.05, 0.1) is 25.4 Å². The lowest BCUT2D eigenvalue weighted by molar-refractivity contribution is -0.144. The number of fused-ring (bicyclic) bond motifs is 1. The van der Waals surface area contributed by atoms with Crippen LogP contribution in [-0.4, -0.2) is 35.2 Å². The topological polar surface area (TPSA) is 87.5 Å². The fourth-order valence-corrected chi connectivity index (χ4v) is 3.23. The first-order chi connectivity index (χ1) is 11.3. The number of esters is 2. The predicted molar refractivity (Wildman–Crippen MR) is 90.5 cm³/mol. The van der Waals surface area contributed by atoms with Gasteiger partial charge in [0.15, 0.2) is 0 Å². The second-order valence-electron chi connectivity index (χ2n) is 5.88. The van der Waals surface area contributed by atoms with Gasteiger partial charge < -0.3 is 9.47 Å². The van der Waals surface area contributed by atoms with Gasteiger partial charge in [-0.15, -0.1) is 11.3 Å². The van der Waals surface area contributed by atoms with Crippen LogP contribution in [0, 0.1) is 12.8 Å². The number of thiophene rings is 1. The lowest BCUT2D eigenvalue weighted by Gasteiger charge is -2.12. The SMILES string of the molecule is COC(=O)[C@H](C)n1cnc2sc(C(=O)OCC(C)C)c(C)c2c1=O. The Hall–Kier alpha value is -2.22. The zero-order valence-electron chi connectivity index (χ0n) is 14.3. The van der Waals surface area contributed by atoms with Crippen molar-refractivity contribution >= 4 is 33.5 Å². The maximum absolute atomic E-state index is 12.7. The molecule has 2 aromatic heterocycles. The molecule has 0 spiro atoms. The standard InChI is InChI=1S/C16H20N2O5S/c1-8(2)6-23-16(21)12-9(3)11-13(24-12)17-7-18(14(11)19)10(4)15(20)22-5/h7-8,10H,6H2,1-5H3/t10-/m0/s1. The third kappa shape index (κ3) is 3.33. The van der Waals surface area contributed by atoms with Crippen LogP contribution >= 0.6 is 11.3 Å². The number of methoxy groups -OCH3 is 1. The average Bonchev–Trinajstić information content (AvgIpc) is 2.89. The third-order valence-electron chi connectivity index (χ3n) is 3.57. The van der Waals surface area contributed by atoms with Crippen molar-refractivity contribution in [2.24, 2.45) is 5.92 Å². The maximum atomic E-state index is 12.7. The van der Waals surface area contributed by atoms with Gasteiger partial charge in [0, 0.05) is 0 Å². The molecule has 0 aliphatic carbocycles. The molecule has 0 radical (unpaired) electrons. The Bertz CT molecular complexity index is 837. The first-order valence-electron chi connectivity index (χ1n) is 7.53. The molecule has 2 heterocycles. The second-order valence-corrected chi connectivity index (χ2v) is 6.88. The van der Waals surface area contributed by atoms with Crippen molar-refractivity contribution in [1.29, 1.82) is 0 Å². The van der Waals surface area contributed by atoms with E-state index in [0.29, 0.717) is 27.3 Å². The smallest absolute Gasteiger partial charge is 0.348 e. The molecule has 0 aliphatic heterocycles. The molecular weight excluding hydrogens is 332 g/mol. The van der Waals surface area contributed by atoms with Crippen molar-refractivity contribution < 1.29 is 19.1 Å². The van der Waals surface area contributed by atoms with Gasteiger partial charge in [0.25, 0.3) is 5.56 Å². The number of aryl methyl sites for hydroxylation is 1. The van der Waals surface area contributed by atoms with Crippen LogP contribution < -0.4 is 5.56 Å². The van der Waals surface area contributed by atoms with E-state index in [9.17, 15) is 14.4 Å². The van der Waals surface area contributed by atoms with Crippen LogP contribution in [0.5, 0.6) is 0 Å². The molecule has 24 heavy (non-hydrogen) atoms. The first kappa shape index (κ1) is 18.1. The highest BCUT2D eigenvalue weighted by Gasteiger charge is 2.23. The zero-order valence-corrected chi connectivity index (χ0v) is 15.1.